The molecule has 4 rings (SSSR count). The topological polar surface area (TPSA) is 106 Å². The van der Waals surface area contributed by atoms with Crippen molar-refractivity contribution in [1.82, 2.24) is 4.90 Å². The predicted molar refractivity (Wildman–Crippen MR) is 109 cm³/mol. The fraction of sp³-hybridized carbons (Fsp3) is 0.130. The van der Waals surface area contributed by atoms with Gasteiger partial charge in [0, 0.05) is 5.69 Å². The zero-order chi connectivity index (χ0) is 22.8. The summed E-state index contributed by atoms with van der Waals surface area (Å²) in [6.45, 7) is 1.06. The van der Waals surface area contributed by atoms with Gasteiger partial charge in [-0.1, -0.05) is 6.07 Å². The van der Waals surface area contributed by atoms with Gasteiger partial charge in [0.05, 0.1) is 29.5 Å². The van der Waals surface area contributed by atoms with E-state index in [9.17, 15) is 23.6 Å². The number of fused-ring (bicyclic) bond motifs is 1. The van der Waals surface area contributed by atoms with Crippen LogP contribution in [-0.4, -0.2) is 35.2 Å². The number of aryl methyl sites for hydroxylation is 1. The maximum absolute atomic E-state index is 13.3. The van der Waals surface area contributed by atoms with E-state index in [-0.39, 0.29) is 28.9 Å². The Bertz CT molecular complexity index is 1240. The van der Waals surface area contributed by atoms with Gasteiger partial charge in [0.25, 0.3) is 17.7 Å². The van der Waals surface area contributed by atoms with Crippen LogP contribution in [0.3, 0.4) is 0 Å². The van der Waals surface area contributed by atoms with Crippen molar-refractivity contribution in [1.29, 1.82) is 0 Å². The minimum absolute atomic E-state index is 0.0134. The third-order valence-electron chi connectivity index (χ3n) is 4.91. The van der Waals surface area contributed by atoms with Crippen molar-refractivity contribution in [2.45, 2.75) is 13.5 Å². The van der Waals surface area contributed by atoms with Crippen LogP contribution in [0.2, 0.25) is 0 Å². The fourth-order valence-corrected chi connectivity index (χ4v) is 3.25. The molecular weight excluding hydrogens is 419 g/mol. The first-order chi connectivity index (χ1) is 15.3. The first kappa shape index (κ1) is 21.0. The van der Waals surface area contributed by atoms with Crippen molar-refractivity contribution >= 4 is 29.4 Å². The van der Waals surface area contributed by atoms with Crippen molar-refractivity contribution < 1.29 is 32.7 Å². The zero-order valence-electron chi connectivity index (χ0n) is 16.9. The lowest BCUT2D eigenvalue weighted by molar-refractivity contribution is -0.119. The van der Waals surface area contributed by atoms with Crippen LogP contribution in [0.1, 0.15) is 42.4 Å². The second-order valence-corrected chi connectivity index (χ2v) is 7.12. The number of esters is 1. The number of benzene rings is 2. The van der Waals surface area contributed by atoms with Gasteiger partial charge < -0.3 is 14.5 Å². The quantitative estimate of drug-likeness (QED) is 0.469. The Morgan fingerprint density at radius 1 is 1.06 bits per heavy atom. The zero-order valence-corrected chi connectivity index (χ0v) is 16.9. The summed E-state index contributed by atoms with van der Waals surface area (Å²) >= 11 is 0. The number of nitrogens with one attached hydrogen (secondary N) is 1. The first-order valence-corrected chi connectivity index (χ1v) is 9.59. The van der Waals surface area contributed by atoms with Crippen molar-refractivity contribution in [3.05, 3.63) is 88.6 Å². The molecule has 9 heteroatoms. The van der Waals surface area contributed by atoms with Gasteiger partial charge in [-0.15, -0.1) is 0 Å². The lowest BCUT2D eigenvalue weighted by atomic mass is 10.1. The number of imide groups is 1. The van der Waals surface area contributed by atoms with E-state index >= 15 is 0 Å². The van der Waals surface area contributed by atoms with Crippen LogP contribution in [0, 0.1) is 12.7 Å². The lowest BCUT2D eigenvalue weighted by Gasteiger charge is -2.11. The number of hydrogen-bond donors (Lipinski definition) is 1. The van der Waals surface area contributed by atoms with E-state index in [1.807, 2.05) is 0 Å². The molecule has 8 nitrogen and oxygen atoms in total. The van der Waals surface area contributed by atoms with Gasteiger partial charge in [-0.25, -0.2) is 9.18 Å². The molecule has 3 amide bonds. The Morgan fingerprint density at radius 2 is 1.84 bits per heavy atom. The summed E-state index contributed by atoms with van der Waals surface area (Å²) in [6.07, 6.45) is 1.44. The molecular formula is C23H17FN2O6. The van der Waals surface area contributed by atoms with Crippen LogP contribution in [0.4, 0.5) is 10.1 Å². The summed E-state index contributed by atoms with van der Waals surface area (Å²) in [5.74, 6) is -2.62. The van der Waals surface area contributed by atoms with E-state index in [2.05, 4.69) is 5.32 Å². The van der Waals surface area contributed by atoms with Gasteiger partial charge in [0.1, 0.15) is 11.6 Å². The van der Waals surface area contributed by atoms with Crippen LogP contribution < -0.4 is 5.32 Å². The molecule has 3 aromatic rings. The Hall–Kier alpha value is -4.27. The van der Waals surface area contributed by atoms with Crippen molar-refractivity contribution in [2.75, 3.05) is 11.9 Å². The van der Waals surface area contributed by atoms with Crippen LogP contribution in [0.15, 0.2) is 59.2 Å². The average molecular weight is 436 g/mol. The molecule has 1 N–H and O–H groups in total. The van der Waals surface area contributed by atoms with Gasteiger partial charge >= 0.3 is 5.97 Å². The van der Waals surface area contributed by atoms with Gasteiger partial charge in [0.2, 0.25) is 0 Å². The highest BCUT2D eigenvalue weighted by Crippen LogP contribution is 2.26. The highest BCUT2D eigenvalue weighted by Gasteiger charge is 2.36. The highest BCUT2D eigenvalue weighted by molar-refractivity contribution is 6.21. The molecule has 0 fully saturated rings. The molecule has 1 aromatic heterocycles. The molecule has 0 aliphatic carbocycles. The van der Waals surface area contributed by atoms with E-state index in [4.69, 9.17) is 9.15 Å². The van der Waals surface area contributed by atoms with Crippen LogP contribution in [0.5, 0.6) is 0 Å². The molecule has 0 spiro atoms. The Kier molecular flexibility index (Phi) is 5.55. The molecule has 0 atom stereocenters. The number of ether oxygens (including phenoxy) is 1. The van der Waals surface area contributed by atoms with Gasteiger partial charge in [-0.3, -0.25) is 19.3 Å². The number of amides is 3. The Labute approximate surface area is 181 Å². The molecule has 1 aliphatic rings. The number of carbonyl (C=O) groups is 4. The van der Waals surface area contributed by atoms with E-state index in [1.165, 1.54) is 36.6 Å². The minimum Gasteiger partial charge on any atom is -0.467 e. The molecule has 0 bridgehead atoms. The second kappa shape index (κ2) is 8.46. The molecule has 0 saturated carbocycles. The smallest absolute Gasteiger partial charge is 0.338 e. The van der Waals surface area contributed by atoms with Crippen molar-refractivity contribution in [3.63, 3.8) is 0 Å². The van der Waals surface area contributed by atoms with Gasteiger partial charge in [-0.05, 0) is 55.0 Å². The molecule has 2 heterocycles. The lowest BCUT2D eigenvalue weighted by Crippen LogP contribution is -2.28. The standard InChI is InChI=1S/C23H17FN2O6/c1-13-4-6-15(24)10-19(13)25-20(27)12-32-23(30)14-5-7-17-18(9-14)22(29)26(21(17)28)11-16-3-2-8-31-16/h2-10H,11-12H2,1H3,(H,25,27). The van der Waals surface area contributed by atoms with Gasteiger partial charge in [0.15, 0.2) is 6.61 Å². The molecule has 1 aliphatic heterocycles. The number of furan rings is 1. The van der Waals surface area contributed by atoms with Crippen LogP contribution in [-0.2, 0) is 16.1 Å². The van der Waals surface area contributed by atoms with E-state index in [0.717, 1.165) is 11.0 Å². The van der Waals surface area contributed by atoms with E-state index < -0.39 is 36.1 Å². The number of carbonyl (C=O) groups excluding carboxylic acids is 4. The average Bonchev–Trinajstić information content (AvgIpc) is 3.37. The van der Waals surface area contributed by atoms with Crippen molar-refractivity contribution in [2.24, 2.45) is 0 Å². The summed E-state index contributed by atoms with van der Waals surface area (Å²) < 4.78 is 23.5. The van der Waals surface area contributed by atoms with Crippen LogP contribution >= 0.6 is 0 Å². The van der Waals surface area contributed by atoms with Crippen molar-refractivity contribution in [3.8, 4) is 0 Å². The molecule has 0 saturated heterocycles. The third-order valence-corrected chi connectivity index (χ3v) is 4.91. The number of rotatable bonds is 6. The number of hydrogen-bond acceptors (Lipinski definition) is 6. The molecule has 2 aromatic carbocycles. The number of nitrogens with zero attached hydrogens (tertiary/aromatic N) is 1. The minimum atomic E-state index is -0.844. The third kappa shape index (κ3) is 4.13. The van der Waals surface area contributed by atoms with E-state index in [1.54, 1.807) is 19.1 Å². The SMILES string of the molecule is Cc1ccc(F)cc1NC(=O)COC(=O)c1ccc2c(c1)C(=O)N(Cc1ccco1)C2=O. The fourth-order valence-electron chi connectivity index (χ4n) is 3.25. The maximum atomic E-state index is 13.3. The molecule has 0 unspecified atom stereocenters. The number of anilines is 1. The normalized spacial score (nSPS) is 12.6. The summed E-state index contributed by atoms with van der Waals surface area (Å²) in [7, 11) is 0. The first-order valence-electron chi connectivity index (χ1n) is 9.59. The van der Waals surface area contributed by atoms with Crippen LogP contribution in [0.25, 0.3) is 0 Å². The second-order valence-electron chi connectivity index (χ2n) is 7.12. The molecule has 162 valence electrons. The summed E-state index contributed by atoms with van der Waals surface area (Å²) in [6, 6.07) is 11.2. The summed E-state index contributed by atoms with van der Waals surface area (Å²) in [5.41, 5.74) is 1.16. The molecule has 32 heavy (non-hydrogen) atoms. The predicted octanol–water partition coefficient (Wildman–Crippen LogP) is 3.32. The molecule has 0 radical (unpaired) electrons. The summed E-state index contributed by atoms with van der Waals surface area (Å²) in [5, 5.41) is 2.47. The van der Waals surface area contributed by atoms with Gasteiger partial charge in [-0.2, -0.15) is 0 Å². The number of halogens is 1. The Morgan fingerprint density at radius 3 is 2.59 bits per heavy atom. The largest absolute Gasteiger partial charge is 0.467 e. The Balaban J connectivity index is 1.41. The highest BCUT2D eigenvalue weighted by atomic mass is 19.1. The maximum Gasteiger partial charge on any atom is 0.338 e. The van der Waals surface area contributed by atoms with E-state index in [0.29, 0.717) is 11.3 Å². The summed E-state index contributed by atoms with van der Waals surface area (Å²) in [4.78, 5) is 50.6. The monoisotopic (exact) mass is 436 g/mol.